The smallest absolute Gasteiger partial charge is 0.0911 e. The van der Waals surface area contributed by atoms with E-state index in [1.165, 1.54) is 11.1 Å². The summed E-state index contributed by atoms with van der Waals surface area (Å²) < 4.78 is -0.140. The summed E-state index contributed by atoms with van der Waals surface area (Å²) >= 11 is 6.03. The van der Waals surface area contributed by atoms with Crippen molar-refractivity contribution < 1.29 is 4.65 Å². The minimum Gasteiger partial charge on any atom is -0.633 e. The van der Waals surface area contributed by atoms with Crippen LogP contribution in [-0.2, 0) is 0 Å². The Labute approximate surface area is 136 Å². The van der Waals surface area contributed by atoms with Crippen LogP contribution in [0.3, 0.4) is 0 Å². The molecule has 3 rings (SSSR count). The monoisotopic (exact) mass is 316 g/mol. The second kappa shape index (κ2) is 6.39. The predicted molar refractivity (Wildman–Crippen MR) is 90.6 cm³/mol. The Morgan fingerprint density at radius 1 is 0.955 bits per heavy atom. The van der Waals surface area contributed by atoms with Crippen LogP contribution in [0, 0.1) is 5.21 Å². The number of hydrogen-bond donors (Lipinski definition) is 0. The summed E-state index contributed by atoms with van der Waals surface area (Å²) in [6.07, 6.45) is 0. The molecule has 0 radical (unpaired) electrons. The Balaban J connectivity index is 1.92. The van der Waals surface area contributed by atoms with Crippen molar-refractivity contribution in [2.45, 2.75) is 6.04 Å². The van der Waals surface area contributed by atoms with E-state index < -0.39 is 0 Å². The van der Waals surface area contributed by atoms with Crippen LogP contribution in [-0.4, -0.2) is 42.8 Å². The largest absolute Gasteiger partial charge is 0.633 e. The number of quaternary nitrogens is 1. The van der Waals surface area contributed by atoms with Crippen molar-refractivity contribution in [3.63, 3.8) is 0 Å². The molecular weight excluding hydrogens is 296 g/mol. The molecule has 1 saturated heterocycles. The Kier molecular flexibility index (Phi) is 4.50. The SMILES string of the molecule is C[N+]1([O-])CCN(C(c2ccccc2)c2ccc(Cl)cc2)CC1. The summed E-state index contributed by atoms with van der Waals surface area (Å²) in [5.74, 6) is 0. The van der Waals surface area contributed by atoms with Gasteiger partial charge in [-0.15, -0.1) is 0 Å². The molecule has 0 amide bonds. The minimum atomic E-state index is -0.140. The summed E-state index contributed by atoms with van der Waals surface area (Å²) in [6, 6.07) is 18.7. The Hall–Kier alpha value is -1.39. The fourth-order valence-corrected chi connectivity index (χ4v) is 3.18. The lowest BCUT2D eigenvalue weighted by molar-refractivity contribution is -0.865. The van der Waals surface area contributed by atoms with Crippen molar-refractivity contribution in [3.8, 4) is 0 Å². The van der Waals surface area contributed by atoms with Crippen molar-refractivity contribution in [1.82, 2.24) is 4.90 Å². The number of piperazine rings is 1. The first kappa shape index (κ1) is 15.5. The average molecular weight is 317 g/mol. The van der Waals surface area contributed by atoms with Crippen LogP contribution in [0.15, 0.2) is 54.6 Å². The quantitative estimate of drug-likeness (QED) is 0.637. The van der Waals surface area contributed by atoms with E-state index in [-0.39, 0.29) is 10.7 Å². The highest BCUT2D eigenvalue weighted by atomic mass is 35.5. The van der Waals surface area contributed by atoms with Gasteiger partial charge in [0, 0.05) is 18.1 Å². The summed E-state index contributed by atoms with van der Waals surface area (Å²) in [6.45, 7) is 2.89. The van der Waals surface area contributed by atoms with Gasteiger partial charge in [0.05, 0.1) is 26.2 Å². The van der Waals surface area contributed by atoms with Gasteiger partial charge in [-0.05, 0) is 23.3 Å². The maximum absolute atomic E-state index is 12.1. The molecule has 22 heavy (non-hydrogen) atoms. The number of nitrogens with zero attached hydrogens (tertiary/aromatic N) is 2. The van der Waals surface area contributed by atoms with Gasteiger partial charge in [-0.1, -0.05) is 54.1 Å². The highest BCUT2D eigenvalue weighted by Gasteiger charge is 2.29. The van der Waals surface area contributed by atoms with Crippen molar-refractivity contribution >= 4 is 11.6 Å². The van der Waals surface area contributed by atoms with E-state index in [0.29, 0.717) is 13.1 Å². The number of halogens is 1. The fraction of sp³-hybridized carbons (Fsp3) is 0.333. The van der Waals surface area contributed by atoms with Crippen LogP contribution in [0.25, 0.3) is 0 Å². The first-order valence-corrected chi connectivity index (χ1v) is 8.03. The standard InChI is InChI=1S/C18H21ClN2O/c1-21(22)13-11-20(12-14-21)18(15-5-3-2-4-6-15)16-7-9-17(19)10-8-16/h2-10,18H,11-14H2,1H3. The summed E-state index contributed by atoms with van der Waals surface area (Å²) in [4.78, 5) is 2.40. The van der Waals surface area contributed by atoms with Crippen LogP contribution in [0.5, 0.6) is 0 Å². The third-order valence-electron chi connectivity index (χ3n) is 4.39. The van der Waals surface area contributed by atoms with Gasteiger partial charge in [0.2, 0.25) is 0 Å². The third-order valence-corrected chi connectivity index (χ3v) is 4.64. The van der Waals surface area contributed by atoms with Gasteiger partial charge in [-0.25, -0.2) is 0 Å². The molecule has 116 valence electrons. The lowest BCUT2D eigenvalue weighted by Gasteiger charge is -2.47. The molecule has 0 aliphatic carbocycles. The van der Waals surface area contributed by atoms with Gasteiger partial charge in [0.25, 0.3) is 0 Å². The first-order chi connectivity index (χ1) is 10.6. The molecule has 0 saturated carbocycles. The minimum absolute atomic E-state index is 0.140. The van der Waals surface area contributed by atoms with E-state index in [2.05, 4.69) is 41.3 Å². The molecule has 0 aromatic heterocycles. The number of likely N-dealkylation sites (N-methyl/N-ethyl adjacent to an activating group) is 1. The van der Waals surface area contributed by atoms with E-state index in [4.69, 9.17) is 11.6 Å². The predicted octanol–water partition coefficient (Wildman–Crippen LogP) is 3.69. The van der Waals surface area contributed by atoms with E-state index in [0.717, 1.165) is 18.1 Å². The molecule has 1 aliphatic rings. The molecular formula is C18H21ClN2O. The Bertz CT molecular complexity index is 603. The lowest BCUT2D eigenvalue weighted by Crippen LogP contribution is -2.54. The Morgan fingerprint density at radius 3 is 2.09 bits per heavy atom. The molecule has 4 heteroatoms. The molecule has 1 atom stereocenters. The van der Waals surface area contributed by atoms with Crippen molar-refractivity contribution in [3.05, 3.63) is 76.0 Å². The topological polar surface area (TPSA) is 26.3 Å². The van der Waals surface area contributed by atoms with Crippen molar-refractivity contribution in [2.24, 2.45) is 0 Å². The van der Waals surface area contributed by atoms with Gasteiger partial charge in [-0.3, -0.25) is 4.90 Å². The van der Waals surface area contributed by atoms with E-state index >= 15 is 0 Å². The summed E-state index contributed by atoms with van der Waals surface area (Å²) in [5, 5.41) is 12.9. The van der Waals surface area contributed by atoms with Gasteiger partial charge in [0.15, 0.2) is 0 Å². The molecule has 0 bridgehead atoms. The van der Waals surface area contributed by atoms with Crippen LogP contribution in [0.1, 0.15) is 17.2 Å². The fourth-order valence-electron chi connectivity index (χ4n) is 3.06. The second-order valence-electron chi connectivity index (χ2n) is 6.14. The molecule has 1 heterocycles. The zero-order chi connectivity index (χ0) is 15.6. The van der Waals surface area contributed by atoms with Gasteiger partial charge in [-0.2, -0.15) is 0 Å². The summed E-state index contributed by atoms with van der Waals surface area (Å²) in [5.41, 5.74) is 2.48. The van der Waals surface area contributed by atoms with Crippen LogP contribution >= 0.6 is 11.6 Å². The van der Waals surface area contributed by atoms with E-state index in [1.54, 1.807) is 7.05 Å². The highest BCUT2D eigenvalue weighted by molar-refractivity contribution is 6.30. The first-order valence-electron chi connectivity index (χ1n) is 7.65. The van der Waals surface area contributed by atoms with Crippen LogP contribution in [0.4, 0.5) is 0 Å². The molecule has 0 N–H and O–H groups in total. The number of rotatable bonds is 3. The normalized spacial score (nSPS) is 19.8. The van der Waals surface area contributed by atoms with E-state index in [9.17, 15) is 5.21 Å². The van der Waals surface area contributed by atoms with Crippen LogP contribution in [0.2, 0.25) is 5.02 Å². The summed E-state index contributed by atoms with van der Waals surface area (Å²) in [7, 11) is 1.76. The van der Waals surface area contributed by atoms with Crippen molar-refractivity contribution in [1.29, 1.82) is 0 Å². The van der Waals surface area contributed by atoms with Gasteiger partial charge < -0.3 is 9.85 Å². The number of benzene rings is 2. The number of hydrogen-bond acceptors (Lipinski definition) is 2. The number of hydroxylamine groups is 3. The van der Waals surface area contributed by atoms with Gasteiger partial charge >= 0.3 is 0 Å². The zero-order valence-corrected chi connectivity index (χ0v) is 13.5. The second-order valence-corrected chi connectivity index (χ2v) is 6.58. The van der Waals surface area contributed by atoms with E-state index in [1.807, 2.05) is 18.2 Å². The maximum atomic E-state index is 12.1. The van der Waals surface area contributed by atoms with Gasteiger partial charge in [0.1, 0.15) is 0 Å². The Morgan fingerprint density at radius 2 is 1.50 bits per heavy atom. The molecule has 1 aliphatic heterocycles. The van der Waals surface area contributed by atoms with Crippen LogP contribution < -0.4 is 0 Å². The molecule has 2 aromatic rings. The molecule has 0 spiro atoms. The average Bonchev–Trinajstić information content (AvgIpc) is 2.52. The molecule has 1 unspecified atom stereocenters. The molecule has 3 nitrogen and oxygen atoms in total. The lowest BCUT2D eigenvalue weighted by atomic mass is 9.96. The highest BCUT2D eigenvalue weighted by Crippen LogP contribution is 2.30. The zero-order valence-electron chi connectivity index (χ0n) is 12.8. The third kappa shape index (κ3) is 3.50. The molecule has 1 fully saturated rings. The molecule has 2 aromatic carbocycles. The maximum Gasteiger partial charge on any atom is 0.0911 e. The van der Waals surface area contributed by atoms with Crippen molar-refractivity contribution in [2.75, 3.05) is 33.2 Å².